The maximum absolute atomic E-state index is 8.43. The molecule has 2 N–H and O–H groups in total. The molecule has 0 saturated carbocycles. The third kappa shape index (κ3) is 1.94. The van der Waals surface area contributed by atoms with Crippen LogP contribution in [0.4, 0.5) is 0 Å². The Bertz CT molecular complexity index is 309. The molecule has 1 atom stereocenters. The Morgan fingerprint density at radius 3 is 3.17 bits per heavy atom. The minimum atomic E-state index is -0.103. The van der Waals surface area contributed by atoms with Crippen LogP contribution in [0.5, 0.6) is 0 Å². The SMILES string of the molecule is C=C[C@@H](N)c1csc(CC#N)c1. The fourth-order valence-electron chi connectivity index (χ4n) is 0.879. The van der Waals surface area contributed by atoms with Gasteiger partial charge in [0.05, 0.1) is 12.5 Å². The van der Waals surface area contributed by atoms with Gasteiger partial charge in [-0.05, 0) is 17.0 Å². The molecule has 0 aromatic carbocycles. The van der Waals surface area contributed by atoms with Crippen molar-refractivity contribution in [3.63, 3.8) is 0 Å². The van der Waals surface area contributed by atoms with Crippen molar-refractivity contribution in [3.8, 4) is 6.07 Å². The molecule has 0 aliphatic carbocycles. The van der Waals surface area contributed by atoms with Crippen molar-refractivity contribution in [3.05, 3.63) is 34.5 Å². The maximum atomic E-state index is 8.43. The quantitative estimate of drug-likeness (QED) is 0.720. The lowest BCUT2D eigenvalue weighted by Crippen LogP contribution is -2.04. The average molecular weight is 178 g/mol. The Morgan fingerprint density at radius 1 is 1.83 bits per heavy atom. The number of thiophene rings is 1. The smallest absolute Gasteiger partial charge is 0.0695 e. The molecule has 3 heteroatoms. The second-order valence-corrected chi connectivity index (χ2v) is 3.44. The van der Waals surface area contributed by atoms with Crippen LogP contribution in [0.2, 0.25) is 0 Å². The molecule has 2 nitrogen and oxygen atoms in total. The van der Waals surface area contributed by atoms with E-state index in [-0.39, 0.29) is 6.04 Å². The second kappa shape index (κ2) is 4.05. The van der Waals surface area contributed by atoms with Gasteiger partial charge in [0.25, 0.3) is 0 Å². The number of nitriles is 1. The molecule has 0 amide bonds. The van der Waals surface area contributed by atoms with E-state index in [1.54, 1.807) is 17.4 Å². The molecule has 0 aliphatic heterocycles. The topological polar surface area (TPSA) is 49.8 Å². The van der Waals surface area contributed by atoms with Crippen LogP contribution in [0, 0.1) is 11.3 Å². The van der Waals surface area contributed by atoms with Gasteiger partial charge in [0.2, 0.25) is 0 Å². The van der Waals surface area contributed by atoms with Gasteiger partial charge in [-0.3, -0.25) is 0 Å². The normalized spacial score (nSPS) is 12.0. The highest BCUT2D eigenvalue weighted by Gasteiger charge is 2.03. The lowest BCUT2D eigenvalue weighted by molar-refractivity contribution is 0.919. The Hall–Kier alpha value is -1.11. The van der Waals surface area contributed by atoms with E-state index in [2.05, 4.69) is 12.6 Å². The van der Waals surface area contributed by atoms with Gasteiger partial charge in [-0.25, -0.2) is 0 Å². The molecule has 0 fully saturated rings. The number of hydrogen-bond acceptors (Lipinski definition) is 3. The summed E-state index contributed by atoms with van der Waals surface area (Å²) in [6, 6.07) is 3.95. The van der Waals surface area contributed by atoms with Crippen LogP contribution >= 0.6 is 11.3 Å². The fraction of sp³-hybridized carbons (Fsp3) is 0.222. The Labute approximate surface area is 75.9 Å². The molecule has 62 valence electrons. The van der Waals surface area contributed by atoms with Gasteiger partial charge in [0.15, 0.2) is 0 Å². The first-order valence-electron chi connectivity index (χ1n) is 3.60. The van der Waals surface area contributed by atoms with Crippen molar-refractivity contribution in [1.29, 1.82) is 5.26 Å². The van der Waals surface area contributed by atoms with E-state index >= 15 is 0 Å². The molecular formula is C9H10N2S. The van der Waals surface area contributed by atoms with Crippen molar-refractivity contribution in [1.82, 2.24) is 0 Å². The van der Waals surface area contributed by atoms with Crippen molar-refractivity contribution in [2.24, 2.45) is 5.73 Å². The van der Waals surface area contributed by atoms with Crippen LogP contribution in [0.25, 0.3) is 0 Å². The first-order chi connectivity index (χ1) is 5.77. The van der Waals surface area contributed by atoms with Crippen LogP contribution in [-0.4, -0.2) is 0 Å². The first kappa shape index (κ1) is 8.98. The number of rotatable bonds is 3. The van der Waals surface area contributed by atoms with Crippen molar-refractivity contribution in [2.45, 2.75) is 12.5 Å². The van der Waals surface area contributed by atoms with Crippen molar-refractivity contribution >= 4 is 11.3 Å². The van der Waals surface area contributed by atoms with Gasteiger partial charge < -0.3 is 5.73 Å². The number of nitrogens with zero attached hydrogens (tertiary/aromatic N) is 1. The first-order valence-corrected chi connectivity index (χ1v) is 4.48. The summed E-state index contributed by atoms with van der Waals surface area (Å²) in [7, 11) is 0. The molecule has 1 rings (SSSR count). The van der Waals surface area contributed by atoms with Crippen LogP contribution in [0.1, 0.15) is 16.5 Å². The number of hydrogen-bond donors (Lipinski definition) is 1. The third-order valence-electron chi connectivity index (χ3n) is 1.57. The van der Waals surface area contributed by atoms with Crippen LogP contribution < -0.4 is 5.73 Å². The summed E-state index contributed by atoms with van der Waals surface area (Å²) < 4.78 is 0. The standard InChI is InChI=1S/C9H10N2S/c1-2-9(11)7-5-8(3-4-10)12-6-7/h2,5-6,9H,1,3,11H2/t9-/m1/s1. The van der Waals surface area contributed by atoms with Gasteiger partial charge in [0, 0.05) is 10.9 Å². The highest BCUT2D eigenvalue weighted by molar-refractivity contribution is 7.10. The summed E-state index contributed by atoms with van der Waals surface area (Å²) in [6.07, 6.45) is 2.16. The minimum Gasteiger partial charge on any atom is -0.321 e. The van der Waals surface area contributed by atoms with E-state index in [1.165, 1.54) is 0 Å². The largest absolute Gasteiger partial charge is 0.321 e. The molecule has 1 aromatic rings. The lowest BCUT2D eigenvalue weighted by atomic mass is 10.1. The molecule has 0 spiro atoms. The van der Waals surface area contributed by atoms with Gasteiger partial charge in [-0.15, -0.1) is 17.9 Å². The zero-order chi connectivity index (χ0) is 8.97. The zero-order valence-electron chi connectivity index (χ0n) is 6.66. The van der Waals surface area contributed by atoms with Crippen LogP contribution in [-0.2, 0) is 6.42 Å². The third-order valence-corrected chi connectivity index (χ3v) is 2.52. The van der Waals surface area contributed by atoms with E-state index in [0.29, 0.717) is 6.42 Å². The Balaban J connectivity index is 2.78. The summed E-state index contributed by atoms with van der Waals surface area (Å²) in [5.74, 6) is 0. The lowest BCUT2D eigenvalue weighted by Gasteiger charge is -1.99. The monoisotopic (exact) mass is 178 g/mol. The fourth-order valence-corrected chi connectivity index (χ4v) is 1.74. The molecule has 0 bridgehead atoms. The average Bonchev–Trinajstić information content (AvgIpc) is 2.52. The van der Waals surface area contributed by atoms with Gasteiger partial charge >= 0.3 is 0 Å². The Morgan fingerprint density at radius 2 is 2.58 bits per heavy atom. The van der Waals surface area contributed by atoms with Crippen LogP contribution in [0.3, 0.4) is 0 Å². The van der Waals surface area contributed by atoms with Crippen LogP contribution in [0.15, 0.2) is 24.1 Å². The summed E-state index contributed by atoms with van der Waals surface area (Å²) in [5.41, 5.74) is 6.75. The predicted octanol–water partition coefficient (Wildman–Crippen LogP) is 2.00. The zero-order valence-corrected chi connectivity index (χ0v) is 7.47. The molecule has 0 unspecified atom stereocenters. The van der Waals surface area contributed by atoms with E-state index in [0.717, 1.165) is 10.4 Å². The highest BCUT2D eigenvalue weighted by Crippen LogP contribution is 2.20. The van der Waals surface area contributed by atoms with Crippen molar-refractivity contribution < 1.29 is 0 Å². The van der Waals surface area contributed by atoms with E-state index < -0.39 is 0 Å². The predicted molar refractivity (Wildman–Crippen MR) is 50.8 cm³/mol. The minimum absolute atomic E-state index is 0.103. The van der Waals surface area contributed by atoms with Crippen molar-refractivity contribution in [2.75, 3.05) is 0 Å². The molecule has 0 aliphatic rings. The van der Waals surface area contributed by atoms with E-state index in [9.17, 15) is 0 Å². The summed E-state index contributed by atoms with van der Waals surface area (Å²) in [5, 5.41) is 10.4. The molecule has 0 saturated heterocycles. The second-order valence-electron chi connectivity index (χ2n) is 2.44. The van der Waals surface area contributed by atoms with Gasteiger partial charge in [-0.1, -0.05) is 6.08 Å². The highest BCUT2D eigenvalue weighted by atomic mass is 32.1. The van der Waals surface area contributed by atoms with Gasteiger partial charge in [-0.2, -0.15) is 5.26 Å². The molecule has 0 radical (unpaired) electrons. The molecule has 1 heterocycles. The molecule has 1 aromatic heterocycles. The summed E-state index contributed by atoms with van der Waals surface area (Å²) >= 11 is 1.57. The summed E-state index contributed by atoms with van der Waals surface area (Å²) in [4.78, 5) is 1.06. The van der Waals surface area contributed by atoms with E-state index in [4.69, 9.17) is 11.0 Å². The summed E-state index contributed by atoms with van der Waals surface area (Å²) in [6.45, 7) is 3.61. The maximum Gasteiger partial charge on any atom is 0.0695 e. The van der Waals surface area contributed by atoms with E-state index in [1.807, 2.05) is 11.4 Å². The molecule has 12 heavy (non-hydrogen) atoms. The number of nitrogens with two attached hydrogens (primary N) is 1. The Kier molecular flexibility index (Phi) is 3.03. The molecular weight excluding hydrogens is 168 g/mol. The van der Waals surface area contributed by atoms with Gasteiger partial charge in [0.1, 0.15) is 0 Å².